The summed E-state index contributed by atoms with van der Waals surface area (Å²) in [5.41, 5.74) is 0. The van der Waals surface area contributed by atoms with E-state index in [4.69, 9.17) is 9.66 Å². The van der Waals surface area contributed by atoms with Gasteiger partial charge in [-0.1, -0.05) is 6.92 Å². The van der Waals surface area contributed by atoms with E-state index in [1.165, 1.54) is 7.05 Å². The fourth-order valence-corrected chi connectivity index (χ4v) is 1.88. The van der Waals surface area contributed by atoms with E-state index in [2.05, 4.69) is 0 Å². The molecule has 0 aromatic rings. The number of carboxylic acids is 1. The molecule has 0 aromatic carbocycles. The van der Waals surface area contributed by atoms with Crippen LogP contribution in [0.1, 0.15) is 19.8 Å². The van der Waals surface area contributed by atoms with Gasteiger partial charge < -0.3 is 10.0 Å². The molecule has 1 atom stereocenters. The van der Waals surface area contributed by atoms with Crippen molar-refractivity contribution in [2.24, 2.45) is 0 Å². The molecule has 0 aromatic heterocycles. The van der Waals surface area contributed by atoms with E-state index >= 15 is 0 Å². The van der Waals surface area contributed by atoms with E-state index in [1.807, 2.05) is 0 Å². The van der Waals surface area contributed by atoms with Crippen molar-refractivity contribution in [2.75, 3.05) is 12.8 Å². The van der Waals surface area contributed by atoms with Gasteiger partial charge >= 0.3 is 5.97 Å². The van der Waals surface area contributed by atoms with Gasteiger partial charge in [0.25, 0.3) is 10.1 Å². The molecule has 1 unspecified atom stereocenters. The van der Waals surface area contributed by atoms with E-state index in [0.717, 1.165) is 4.90 Å². The lowest BCUT2D eigenvalue weighted by Gasteiger charge is -2.23. The van der Waals surface area contributed by atoms with Crippen molar-refractivity contribution in [3.8, 4) is 0 Å². The van der Waals surface area contributed by atoms with Crippen LogP contribution in [0.3, 0.4) is 0 Å². The molecular formula is C8H15NO6S. The summed E-state index contributed by atoms with van der Waals surface area (Å²) in [6.07, 6.45) is 0.660. The minimum atomic E-state index is -4.44. The molecule has 0 rings (SSSR count). The standard InChI is InChI=1S/C8H15NO6S/c1-3-4-7(10)9(2)6(8(11)12)5-16(13,14)15/h6H,3-5H2,1-2H3,(H,11,12)(H,13,14,15). The smallest absolute Gasteiger partial charge is 0.327 e. The summed E-state index contributed by atoms with van der Waals surface area (Å²) in [6, 6.07) is -1.56. The Kier molecular flexibility index (Phi) is 5.39. The largest absolute Gasteiger partial charge is 0.480 e. The zero-order chi connectivity index (χ0) is 12.9. The molecule has 2 N–H and O–H groups in total. The van der Waals surface area contributed by atoms with Gasteiger partial charge in [-0.25, -0.2) is 4.79 Å². The van der Waals surface area contributed by atoms with Gasteiger partial charge in [0.2, 0.25) is 5.91 Å². The third-order valence-electron chi connectivity index (χ3n) is 1.98. The van der Waals surface area contributed by atoms with E-state index in [-0.39, 0.29) is 6.42 Å². The van der Waals surface area contributed by atoms with Crippen LogP contribution in [0.4, 0.5) is 0 Å². The van der Waals surface area contributed by atoms with Crippen molar-refractivity contribution < 1.29 is 27.7 Å². The molecule has 0 aliphatic carbocycles. The quantitative estimate of drug-likeness (QED) is 0.622. The predicted octanol–water partition coefficient (Wildman–Crippen LogP) is -0.414. The Hall–Kier alpha value is -1.15. The van der Waals surface area contributed by atoms with Crippen LogP contribution in [-0.4, -0.2) is 53.7 Å². The van der Waals surface area contributed by atoms with Crippen LogP contribution < -0.4 is 0 Å². The summed E-state index contributed by atoms with van der Waals surface area (Å²) >= 11 is 0. The summed E-state index contributed by atoms with van der Waals surface area (Å²) in [4.78, 5) is 22.9. The van der Waals surface area contributed by atoms with Crippen LogP contribution >= 0.6 is 0 Å². The first-order valence-electron chi connectivity index (χ1n) is 4.62. The number of hydrogen-bond acceptors (Lipinski definition) is 4. The minimum absolute atomic E-state index is 0.131. The second kappa shape index (κ2) is 5.80. The molecule has 0 saturated heterocycles. The molecular weight excluding hydrogens is 238 g/mol. The summed E-state index contributed by atoms with van der Waals surface area (Å²) in [5, 5.41) is 8.75. The fourth-order valence-electron chi connectivity index (χ4n) is 1.11. The van der Waals surface area contributed by atoms with Gasteiger partial charge in [-0.15, -0.1) is 0 Å². The zero-order valence-corrected chi connectivity index (χ0v) is 9.90. The molecule has 0 spiro atoms. The first kappa shape index (κ1) is 14.8. The number of carbonyl (C=O) groups excluding carboxylic acids is 1. The molecule has 0 fully saturated rings. The average Bonchev–Trinajstić information content (AvgIpc) is 2.11. The topological polar surface area (TPSA) is 112 Å². The number of likely N-dealkylation sites (N-methyl/N-ethyl adjacent to an activating group) is 1. The van der Waals surface area contributed by atoms with E-state index in [9.17, 15) is 18.0 Å². The molecule has 0 aliphatic rings. The third kappa shape index (κ3) is 5.08. The number of carbonyl (C=O) groups is 2. The van der Waals surface area contributed by atoms with Crippen molar-refractivity contribution >= 4 is 22.0 Å². The van der Waals surface area contributed by atoms with Crippen molar-refractivity contribution in [1.82, 2.24) is 4.90 Å². The van der Waals surface area contributed by atoms with E-state index in [1.54, 1.807) is 6.92 Å². The van der Waals surface area contributed by atoms with Gasteiger partial charge in [0.1, 0.15) is 11.8 Å². The fraction of sp³-hybridized carbons (Fsp3) is 0.750. The van der Waals surface area contributed by atoms with Crippen LogP contribution in [0, 0.1) is 0 Å². The maximum atomic E-state index is 11.4. The monoisotopic (exact) mass is 253 g/mol. The number of aliphatic carboxylic acids is 1. The number of hydrogen-bond donors (Lipinski definition) is 2. The number of rotatable bonds is 6. The van der Waals surface area contributed by atoms with Crippen molar-refractivity contribution in [3.63, 3.8) is 0 Å². The molecule has 94 valence electrons. The first-order valence-corrected chi connectivity index (χ1v) is 6.23. The number of carboxylic acid groups (broad SMARTS) is 1. The zero-order valence-electron chi connectivity index (χ0n) is 9.08. The van der Waals surface area contributed by atoms with Crippen molar-refractivity contribution in [3.05, 3.63) is 0 Å². The maximum absolute atomic E-state index is 11.4. The molecule has 0 heterocycles. The van der Waals surface area contributed by atoms with Crippen molar-refractivity contribution in [1.29, 1.82) is 0 Å². The van der Waals surface area contributed by atoms with Gasteiger partial charge in [0.15, 0.2) is 0 Å². The molecule has 16 heavy (non-hydrogen) atoms. The Bertz CT molecular complexity index is 363. The normalized spacial score (nSPS) is 13.2. The minimum Gasteiger partial charge on any atom is -0.480 e. The number of amides is 1. The van der Waals surface area contributed by atoms with Crippen molar-refractivity contribution in [2.45, 2.75) is 25.8 Å². The molecule has 1 amide bonds. The van der Waals surface area contributed by atoms with E-state index in [0.29, 0.717) is 6.42 Å². The highest BCUT2D eigenvalue weighted by molar-refractivity contribution is 7.85. The Balaban J connectivity index is 4.79. The Morgan fingerprint density at radius 2 is 1.88 bits per heavy atom. The first-order chi connectivity index (χ1) is 7.19. The Labute approximate surface area is 93.8 Å². The number of nitrogens with zero attached hydrogens (tertiary/aromatic N) is 1. The van der Waals surface area contributed by atoms with Gasteiger partial charge in [0, 0.05) is 13.5 Å². The van der Waals surface area contributed by atoms with Crippen LogP contribution in [0.2, 0.25) is 0 Å². The molecule has 0 radical (unpaired) electrons. The summed E-state index contributed by atoms with van der Waals surface area (Å²) in [5.74, 6) is -2.95. The van der Waals surface area contributed by atoms with Gasteiger partial charge in [-0.2, -0.15) is 8.42 Å². The lowest BCUT2D eigenvalue weighted by Crippen LogP contribution is -2.46. The lowest BCUT2D eigenvalue weighted by molar-refractivity contribution is -0.148. The highest BCUT2D eigenvalue weighted by Crippen LogP contribution is 2.04. The SMILES string of the molecule is CCCC(=O)N(C)C(CS(=O)(=O)O)C(=O)O. The second-order valence-corrected chi connectivity index (χ2v) is 4.85. The molecule has 0 bridgehead atoms. The Morgan fingerprint density at radius 3 is 2.19 bits per heavy atom. The van der Waals surface area contributed by atoms with Gasteiger partial charge in [-0.05, 0) is 6.42 Å². The molecule has 7 nitrogen and oxygen atoms in total. The van der Waals surface area contributed by atoms with E-state index < -0.39 is 33.8 Å². The summed E-state index contributed by atoms with van der Waals surface area (Å²) in [7, 11) is -3.24. The second-order valence-electron chi connectivity index (χ2n) is 3.36. The van der Waals surface area contributed by atoms with Crippen LogP contribution in [0.15, 0.2) is 0 Å². The predicted molar refractivity (Wildman–Crippen MR) is 55.5 cm³/mol. The van der Waals surface area contributed by atoms with Gasteiger partial charge in [0.05, 0.1) is 0 Å². The third-order valence-corrected chi connectivity index (χ3v) is 2.72. The van der Waals surface area contributed by atoms with Crippen LogP contribution in [0.25, 0.3) is 0 Å². The van der Waals surface area contributed by atoms with Crippen LogP contribution in [-0.2, 0) is 19.7 Å². The highest BCUT2D eigenvalue weighted by Gasteiger charge is 2.30. The van der Waals surface area contributed by atoms with Gasteiger partial charge in [-0.3, -0.25) is 9.35 Å². The lowest BCUT2D eigenvalue weighted by atomic mass is 10.2. The maximum Gasteiger partial charge on any atom is 0.327 e. The average molecular weight is 253 g/mol. The Morgan fingerprint density at radius 1 is 1.38 bits per heavy atom. The molecule has 8 heteroatoms. The molecule has 0 aliphatic heterocycles. The van der Waals surface area contributed by atoms with Crippen LogP contribution in [0.5, 0.6) is 0 Å². The summed E-state index contributed by atoms with van der Waals surface area (Å²) < 4.78 is 29.7. The summed E-state index contributed by atoms with van der Waals surface area (Å²) in [6.45, 7) is 1.74. The molecule has 0 saturated carbocycles. The highest BCUT2D eigenvalue weighted by atomic mass is 32.2.